The fraction of sp³-hybridized carbons (Fsp3) is 0.273. The van der Waals surface area contributed by atoms with Gasteiger partial charge in [0.05, 0.1) is 11.6 Å². The molecule has 32 heavy (non-hydrogen) atoms. The zero-order valence-electron chi connectivity index (χ0n) is 17.1. The maximum atomic E-state index is 13.2. The molecule has 0 spiro atoms. The van der Waals surface area contributed by atoms with Gasteiger partial charge in [-0.3, -0.25) is 9.59 Å². The Morgan fingerprint density at radius 2 is 2.00 bits per heavy atom. The molecular weight excluding hydrogens is 436 g/mol. The number of carboxylic acid groups (broad SMARTS) is 1. The van der Waals surface area contributed by atoms with Gasteiger partial charge in [0.2, 0.25) is 5.91 Å². The first-order chi connectivity index (χ1) is 15.4. The van der Waals surface area contributed by atoms with Crippen LogP contribution < -0.4 is 5.32 Å². The van der Waals surface area contributed by atoms with Crippen molar-refractivity contribution < 1.29 is 24.2 Å². The van der Waals surface area contributed by atoms with E-state index in [4.69, 9.17) is 16.3 Å². The van der Waals surface area contributed by atoms with E-state index in [1.165, 1.54) is 16.8 Å². The zero-order chi connectivity index (χ0) is 22.7. The summed E-state index contributed by atoms with van der Waals surface area (Å²) in [6.07, 6.45) is 2.14. The predicted molar refractivity (Wildman–Crippen MR) is 118 cm³/mol. The Hall–Kier alpha value is -3.43. The zero-order valence-corrected chi connectivity index (χ0v) is 17.8. The second-order valence-corrected chi connectivity index (χ2v) is 7.76. The van der Waals surface area contributed by atoms with E-state index in [9.17, 15) is 19.5 Å². The average molecular weight is 457 g/mol. The topological polar surface area (TPSA) is 114 Å². The second-order valence-electron chi connectivity index (χ2n) is 7.33. The Kier molecular flexibility index (Phi) is 6.38. The number of aromatic nitrogens is 2. The number of pyridine rings is 1. The summed E-state index contributed by atoms with van der Waals surface area (Å²) in [6, 6.07) is 9.62. The summed E-state index contributed by atoms with van der Waals surface area (Å²) in [5, 5.41) is 13.3. The van der Waals surface area contributed by atoms with Gasteiger partial charge in [-0.25, -0.2) is 9.78 Å². The molecule has 2 amide bonds. The molecule has 1 aromatic carbocycles. The summed E-state index contributed by atoms with van der Waals surface area (Å²) >= 11 is 5.81. The molecule has 3 heterocycles. The largest absolute Gasteiger partial charge is 0.477 e. The molecule has 0 atom stereocenters. The van der Waals surface area contributed by atoms with Crippen LogP contribution in [0.15, 0.2) is 42.6 Å². The maximum absolute atomic E-state index is 13.2. The lowest BCUT2D eigenvalue weighted by Gasteiger charge is -2.20. The number of benzene rings is 1. The number of carbonyl (C=O) groups excluding carboxylic acids is 2. The fourth-order valence-electron chi connectivity index (χ4n) is 3.71. The van der Waals surface area contributed by atoms with Crippen LogP contribution in [0.2, 0.25) is 5.02 Å². The van der Waals surface area contributed by atoms with Crippen molar-refractivity contribution in [1.82, 2.24) is 14.5 Å². The molecule has 1 fully saturated rings. The number of fused-ring (bicyclic) bond motifs is 1. The van der Waals surface area contributed by atoms with E-state index >= 15 is 0 Å². The van der Waals surface area contributed by atoms with Crippen LogP contribution >= 0.6 is 11.6 Å². The lowest BCUT2D eigenvalue weighted by molar-refractivity contribution is -0.116. The molecule has 2 N–H and O–H groups in total. The number of anilines is 1. The molecule has 9 nitrogen and oxygen atoms in total. The smallest absolute Gasteiger partial charge is 0.352 e. The molecule has 0 radical (unpaired) electrons. The molecule has 0 unspecified atom stereocenters. The van der Waals surface area contributed by atoms with Gasteiger partial charge in [0.15, 0.2) is 0 Å². The minimum absolute atomic E-state index is 0.0846. The number of nitrogens with zero attached hydrogens (tertiary/aromatic N) is 3. The first kappa shape index (κ1) is 21.8. The van der Waals surface area contributed by atoms with E-state index in [2.05, 4.69) is 10.3 Å². The van der Waals surface area contributed by atoms with Crippen molar-refractivity contribution in [3.05, 3.63) is 58.9 Å². The van der Waals surface area contributed by atoms with Crippen LogP contribution in [0.1, 0.15) is 27.3 Å². The van der Waals surface area contributed by atoms with Crippen molar-refractivity contribution in [3.63, 3.8) is 0 Å². The van der Waals surface area contributed by atoms with Crippen molar-refractivity contribution in [2.45, 2.75) is 13.0 Å². The molecule has 0 saturated carbocycles. The molecule has 10 heteroatoms. The predicted octanol–water partition coefficient (Wildman–Crippen LogP) is 2.89. The standard InChI is InChI=1S/C22H21ClN4O5/c23-14-5-6-19(24-12-14)25-20(28)13-27-17-4-1-3-15(16(17)11-18(27)22(30)31)21(29)26-7-2-9-32-10-8-26/h1,3-6,11-12H,2,7-10,13H2,(H,30,31)(H,24,25,28). The number of ether oxygens (including phenoxy) is 1. The van der Waals surface area contributed by atoms with Crippen LogP contribution in [0.5, 0.6) is 0 Å². The monoisotopic (exact) mass is 456 g/mol. The number of aromatic carboxylic acids is 1. The summed E-state index contributed by atoms with van der Waals surface area (Å²) in [5.41, 5.74) is 0.794. The number of carbonyl (C=O) groups is 3. The van der Waals surface area contributed by atoms with Crippen LogP contribution in [0.3, 0.4) is 0 Å². The molecule has 1 aliphatic heterocycles. The number of carboxylic acids is 1. The molecule has 1 aliphatic rings. The summed E-state index contributed by atoms with van der Waals surface area (Å²) in [7, 11) is 0. The van der Waals surface area contributed by atoms with E-state index in [0.29, 0.717) is 53.6 Å². The van der Waals surface area contributed by atoms with Crippen molar-refractivity contribution in [2.75, 3.05) is 31.6 Å². The summed E-state index contributed by atoms with van der Waals surface area (Å²) in [6.45, 7) is 1.84. The van der Waals surface area contributed by atoms with Gasteiger partial charge >= 0.3 is 5.97 Å². The molecule has 4 rings (SSSR count). The van der Waals surface area contributed by atoms with Crippen LogP contribution in [0.25, 0.3) is 10.9 Å². The van der Waals surface area contributed by atoms with Gasteiger partial charge in [0, 0.05) is 42.4 Å². The minimum atomic E-state index is -1.19. The highest BCUT2D eigenvalue weighted by molar-refractivity contribution is 6.30. The maximum Gasteiger partial charge on any atom is 0.352 e. The minimum Gasteiger partial charge on any atom is -0.477 e. The number of hydrogen-bond donors (Lipinski definition) is 2. The Bertz CT molecular complexity index is 1170. The van der Waals surface area contributed by atoms with E-state index in [1.807, 2.05) is 0 Å². The van der Waals surface area contributed by atoms with Crippen molar-refractivity contribution in [3.8, 4) is 0 Å². The summed E-state index contributed by atoms with van der Waals surface area (Å²) < 4.78 is 6.80. The van der Waals surface area contributed by atoms with Crippen LogP contribution in [0.4, 0.5) is 5.82 Å². The van der Waals surface area contributed by atoms with E-state index in [1.54, 1.807) is 35.2 Å². The molecule has 0 bridgehead atoms. The second kappa shape index (κ2) is 9.37. The van der Waals surface area contributed by atoms with Gasteiger partial charge in [0.25, 0.3) is 5.91 Å². The normalized spacial score (nSPS) is 14.2. The highest BCUT2D eigenvalue weighted by Gasteiger charge is 2.24. The van der Waals surface area contributed by atoms with Gasteiger partial charge in [-0.1, -0.05) is 17.7 Å². The van der Waals surface area contributed by atoms with E-state index in [-0.39, 0.29) is 18.1 Å². The number of rotatable bonds is 5. The molecule has 1 saturated heterocycles. The van der Waals surface area contributed by atoms with Crippen molar-refractivity contribution >= 4 is 46.1 Å². The number of halogens is 1. The highest BCUT2D eigenvalue weighted by atomic mass is 35.5. The van der Waals surface area contributed by atoms with E-state index < -0.39 is 11.9 Å². The van der Waals surface area contributed by atoms with Gasteiger partial charge in [-0.05, 0) is 36.8 Å². The Morgan fingerprint density at radius 1 is 1.16 bits per heavy atom. The highest BCUT2D eigenvalue weighted by Crippen LogP contribution is 2.26. The van der Waals surface area contributed by atoms with Gasteiger partial charge in [-0.15, -0.1) is 0 Å². The van der Waals surface area contributed by atoms with Crippen LogP contribution in [0, 0.1) is 0 Å². The Morgan fingerprint density at radius 3 is 2.75 bits per heavy atom. The summed E-state index contributed by atoms with van der Waals surface area (Å²) in [4.78, 5) is 43.4. The van der Waals surface area contributed by atoms with Gasteiger partial charge < -0.3 is 24.6 Å². The summed E-state index contributed by atoms with van der Waals surface area (Å²) in [5.74, 6) is -1.54. The lowest BCUT2D eigenvalue weighted by Crippen LogP contribution is -2.33. The number of amides is 2. The molecule has 166 valence electrons. The quantitative estimate of drug-likeness (QED) is 0.610. The number of nitrogens with one attached hydrogen (secondary N) is 1. The third kappa shape index (κ3) is 4.58. The Balaban J connectivity index is 1.66. The lowest BCUT2D eigenvalue weighted by atomic mass is 10.1. The van der Waals surface area contributed by atoms with Crippen LogP contribution in [-0.2, 0) is 16.1 Å². The Labute approximate surface area is 188 Å². The van der Waals surface area contributed by atoms with Crippen LogP contribution in [-0.4, -0.2) is 63.6 Å². The third-order valence-corrected chi connectivity index (χ3v) is 5.42. The SMILES string of the molecule is O=C(Cn1c(C(=O)O)cc2c(C(=O)N3CCCOCC3)cccc21)Nc1ccc(Cl)cn1. The fourth-order valence-corrected chi connectivity index (χ4v) is 3.83. The average Bonchev–Trinajstić information content (AvgIpc) is 2.95. The number of hydrogen-bond acceptors (Lipinski definition) is 5. The van der Waals surface area contributed by atoms with Crippen molar-refractivity contribution in [1.29, 1.82) is 0 Å². The van der Waals surface area contributed by atoms with E-state index in [0.717, 1.165) is 6.42 Å². The molecule has 2 aromatic heterocycles. The van der Waals surface area contributed by atoms with Gasteiger partial charge in [0.1, 0.15) is 18.1 Å². The molecular formula is C22H21ClN4O5. The molecule has 0 aliphatic carbocycles. The third-order valence-electron chi connectivity index (χ3n) is 5.20. The first-order valence-corrected chi connectivity index (χ1v) is 10.5. The van der Waals surface area contributed by atoms with Gasteiger partial charge in [-0.2, -0.15) is 0 Å². The molecule has 3 aromatic rings. The van der Waals surface area contributed by atoms with Crippen molar-refractivity contribution in [2.24, 2.45) is 0 Å². The first-order valence-electron chi connectivity index (χ1n) is 10.1.